The Morgan fingerprint density at radius 1 is 0.852 bits per heavy atom. The Balaban J connectivity index is 2.25. The van der Waals surface area contributed by atoms with E-state index in [1.54, 1.807) is 6.07 Å². The topological polar surface area (TPSA) is 54.4 Å². The Hall–Kier alpha value is -2.87. The Morgan fingerprint density at radius 3 is 2.15 bits per heavy atom. The van der Waals surface area contributed by atoms with Crippen molar-refractivity contribution in [2.45, 2.75) is 16.0 Å². The van der Waals surface area contributed by atoms with E-state index in [0.29, 0.717) is 6.07 Å². The number of phenols is 1. The van der Waals surface area contributed by atoms with Crippen LogP contribution in [0.2, 0.25) is 0 Å². The maximum atomic E-state index is 13.6. The van der Waals surface area contributed by atoms with Crippen LogP contribution < -0.4 is 0 Å². The van der Waals surface area contributed by atoms with Gasteiger partial charge in [0.25, 0.3) is 0 Å². The van der Waals surface area contributed by atoms with Crippen LogP contribution in [0, 0.1) is 5.82 Å². The summed E-state index contributed by atoms with van der Waals surface area (Å²) in [6, 6.07) is 12.1. The summed E-state index contributed by atoms with van der Waals surface area (Å²) in [6.45, 7) is 0. The van der Waals surface area contributed by atoms with Crippen LogP contribution in [0.5, 0.6) is 5.75 Å². The number of hydrogen-bond acceptors (Lipinski definition) is 3. The van der Waals surface area contributed by atoms with Crippen LogP contribution in [0.1, 0.15) is 5.56 Å². The number of rotatable bonds is 3. The number of halogens is 4. The second-order valence-electron chi connectivity index (χ2n) is 5.69. The van der Waals surface area contributed by atoms with Crippen molar-refractivity contribution in [3.8, 4) is 16.9 Å². The molecule has 0 saturated heterocycles. The van der Waals surface area contributed by atoms with Crippen molar-refractivity contribution in [2.24, 2.45) is 0 Å². The van der Waals surface area contributed by atoms with E-state index in [4.69, 9.17) is 0 Å². The third-order valence-corrected chi connectivity index (χ3v) is 5.73. The van der Waals surface area contributed by atoms with Gasteiger partial charge in [0.2, 0.25) is 9.84 Å². The molecule has 3 aromatic rings. The summed E-state index contributed by atoms with van der Waals surface area (Å²) < 4.78 is 79.5. The molecule has 0 fully saturated rings. The normalized spacial score (nSPS) is 12.1. The van der Waals surface area contributed by atoms with Gasteiger partial charge in [-0.2, -0.15) is 13.2 Å². The number of aromatic hydroxyl groups is 1. The summed E-state index contributed by atoms with van der Waals surface area (Å²) >= 11 is 0. The van der Waals surface area contributed by atoms with Crippen LogP contribution in [0.15, 0.2) is 76.5 Å². The largest absolute Gasteiger partial charge is 0.507 e. The van der Waals surface area contributed by atoms with Crippen LogP contribution in [0.25, 0.3) is 11.1 Å². The zero-order valence-electron chi connectivity index (χ0n) is 13.5. The molecule has 0 aliphatic heterocycles. The highest BCUT2D eigenvalue weighted by Crippen LogP contribution is 2.40. The van der Waals surface area contributed by atoms with Gasteiger partial charge in [0.05, 0.1) is 15.4 Å². The molecule has 3 aromatic carbocycles. The Kier molecular flexibility index (Phi) is 4.69. The zero-order chi connectivity index (χ0) is 19.8. The van der Waals surface area contributed by atoms with Crippen LogP contribution >= 0.6 is 0 Å². The van der Waals surface area contributed by atoms with Gasteiger partial charge in [-0.05, 0) is 48.0 Å². The molecule has 0 atom stereocenters. The lowest BCUT2D eigenvalue weighted by Crippen LogP contribution is -2.14. The Labute approximate surface area is 152 Å². The number of sulfone groups is 1. The fourth-order valence-electron chi connectivity index (χ4n) is 2.62. The molecule has 0 bridgehead atoms. The lowest BCUT2D eigenvalue weighted by Gasteiger charge is -2.15. The fraction of sp³-hybridized carbons (Fsp3) is 0.0526. The highest BCUT2D eigenvalue weighted by Gasteiger charge is 2.38. The SMILES string of the molecule is O=S(=O)(c1ccccc1)c1ccc(-c2cc(F)ccc2O)cc1C(F)(F)F. The average Bonchev–Trinajstić information content (AvgIpc) is 2.63. The Morgan fingerprint density at radius 2 is 1.52 bits per heavy atom. The second kappa shape index (κ2) is 6.70. The maximum Gasteiger partial charge on any atom is 0.417 e. The summed E-state index contributed by atoms with van der Waals surface area (Å²) in [6.07, 6.45) is -4.98. The second-order valence-corrected chi connectivity index (χ2v) is 7.60. The van der Waals surface area contributed by atoms with Crippen LogP contribution in [-0.2, 0) is 16.0 Å². The molecule has 0 aliphatic carbocycles. The predicted molar refractivity (Wildman–Crippen MR) is 90.4 cm³/mol. The van der Waals surface area contributed by atoms with Crippen molar-refractivity contribution in [1.29, 1.82) is 0 Å². The summed E-state index contributed by atoms with van der Waals surface area (Å²) in [5.74, 6) is -1.18. The third kappa shape index (κ3) is 3.66. The van der Waals surface area contributed by atoms with E-state index in [1.807, 2.05) is 0 Å². The highest BCUT2D eigenvalue weighted by atomic mass is 32.2. The molecule has 0 spiro atoms. The molecular weight excluding hydrogens is 384 g/mol. The Bertz CT molecular complexity index is 1090. The van der Waals surface area contributed by atoms with E-state index < -0.39 is 38.0 Å². The van der Waals surface area contributed by atoms with Crippen molar-refractivity contribution in [3.63, 3.8) is 0 Å². The number of hydrogen-bond donors (Lipinski definition) is 1. The summed E-state index contributed by atoms with van der Waals surface area (Å²) in [4.78, 5) is -1.20. The molecule has 3 nitrogen and oxygen atoms in total. The molecular formula is C19H12F4O3S. The van der Waals surface area contributed by atoms with Gasteiger partial charge < -0.3 is 5.11 Å². The van der Waals surface area contributed by atoms with Crippen LogP contribution in [0.3, 0.4) is 0 Å². The first-order chi connectivity index (χ1) is 12.6. The summed E-state index contributed by atoms with van der Waals surface area (Å²) in [5, 5.41) is 9.82. The molecule has 0 heterocycles. The molecule has 0 radical (unpaired) electrons. The quantitative estimate of drug-likeness (QED) is 0.631. The van der Waals surface area contributed by atoms with Gasteiger partial charge in [-0.3, -0.25) is 0 Å². The number of alkyl halides is 3. The van der Waals surface area contributed by atoms with E-state index in [9.17, 15) is 31.1 Å². The third-order valence-electron chi connectivity index (χ3n) is 3.90. The molecule has 3 rings (SSSR count). The average molecular weight is 396 g/mol. The smallest absolute Gasteiger partial charge is 0.417 e. The fourth-order valence-corrected chi connectivity index (χ4v) is 4.10. The highest BCUT2D eigenvalue weighted by molar-refractivity contribution is 7.91. The first kappa shape index (κ1) is 18.9. The first-order valence-electron chi connectivity index (χ1n) is 7.61. The van der Waals surface area contributed by atoms with Gasteiger partial charge in [-0.25, -0.2) is 12.8 Å². The summed E-state index contributed by atoms with van der Waals surface area (Å²) in [5.41, 5.74) is -1.73. The van der Waals surface area contributed by atoms with Crippen molar-refractivity contribution in [2.75, 3.05) is 0 Å². The number of phenolic OH excluding ortho intramolecular Hbond substituents is 1. The van der Waals surface area contributed by atoms with Gasteiger partial charge >= 0.3 is 6.18 Å². The van der Waals surface area contributed by atoms with Crippen molar-refractivity contribution < 1.29 is 31.1 Å². The van der Waals surface area contributed by atoms with Crippen LogP contribution in [-0.4, -0.2) is 13.5 Å². The number of benzene rings is 3. The predicted octanol–water partition coefficient (Wildman–Crippen LogP) is 5.05. The minimum atomic E-state index is -4.98. The van der Waals surface area contributed by atoms with Crippen molar-refractivity contribution in [3.05, 3.63) is 78.1 Å². The monoisotopic (exact) mass is 396 g/mol. The molecule has 8 heteroatoms. The van der Waals surface area contributed by atoms with Gasteiger partial charge in [0, 0.05) is 5.56 Å². The minimum absolute atomic E-state index is 0.161. The molecule has 0 aliphatic rings. The first-order valence-corrected chi connectivity index (χ1v) is 9.09. The van der Waals surface area contributed by atoms with E-state index in [2.05, 4.69) is 0 Å². The van der Waals surface area contributed by atoms with E-state index >= 15 is 0 Å². The van der Waals surface area contributed by atoms with Crippen molar-refractivity contribution in [1.82, 2.24) is 0 Å². The van der Waals surface area contributed by atoms with Gasteiger partial charge in [-0.15, -0.1) is 0 Å². The lowest BCUT2D eigenvalue weighted by molar-refractivity contribution is -0.139. The van der Waals surface area contributed by atoms with E-state index in [-0.39, 0.29) is 16.0 Å². The lowest BCUT2D eigenvalue weighted by atomic mass is 10.0. The van der Waals surface area contributed by atoms with Gasteiger partial charge in [-0.1, -0.05) is 24.3 Å². The molecule has 27 heavy (non-hydrogen) atoms. The van der Waals surface area contributed by atoms with E-state index in [1.165, 1.54) is 24.3 Å². The summed E-state index contributed by atoms with van der Waals surface area (Å²) in [7, 11) is -4.43. The van der Waals surface area contributed by atoms with Gasteiger partial charge in [0.15, 0.2) is 0 Å². The van der Waals surface area contributed by atoms with E-state index in [0.717, 1.165) is 30.3 Å². The molecule has 0 unspecified atom stereocenters. The van der Waals surface area contributed by atoms with Crippen LogP contribution in [0.4, 0.5) is 17.6 Å². The van der Waals surface area contributed by atoms with Crippen molar-refractivity contribution >= 4 is 9.84 Å². The zero-order valence-corrected chi connectivity index (χ0v) is 14.4. The molecule has 0 aromatic heterocycles. The molecule has 0 saturated carbocycles. The molecule has 140 valence electrons. The molecule has 0 amide bonds. The standard InChI is InChI=1S/C19H12F4O3S/c20-13-7-8-17(24)15(11-13)12-6-9-18(16(10-12)19(21,22)23)27(25,26)14-4-2-1-3-5-14/h1-11,24H. The van der Waals surface area contributed by atoms with Gasteiger partial charge in [0.1, 0.15) is 11.6 Å². The maximum absolute atomic E-state index is 13.6. The minimum Gasteiger partial charge on any atom is -0.507 e. The molecule has 1 N–H and O–H groups in total.